The van der Waals surface area contributed by atoms with Crippen LogP contribution in [-0.4, -0.2) is 6.04 Å². The summed E-state index contributed by atoms with van der Waals surface area (Å²) in [5, 5.41) is 3.80. The van der Waals surface area contributed by atoms with Crippen LogP contribution in [0.2, 0.25) is 5.02 Å². The molecule has 0 fully saturated rings. The van der Waals surface area contributed by atoms with E-state index < -0.39 is 0 Å². The van der Waals surface area contributed by atoms with Crippen molar-refractivity contribution < 1.29 is 4.39 Å². The SMILES string of the molecule is CCCCCCC(C)NCc1ccc(Cl)cc1F. The van der Waals surface area contributed by atoms with E-state index in [0.29, 0.717) is 23.2 Å². The van der Waals surface area contributed by atoms with Gasteiger partial charge in [-0.05, 0) is 25.5 Å². The molecule has 0 spiro atoms. The molecule has 0 heterocycles. The van der Waals surface area contributed by atoms with E-state index in [1.54, 1.807) is 12.1 Å². The van der Waals surface area contributed by atoms with Gasteiger partial charge in [0, 0.05) is 23.2 Å². The number of nitrogens with one attached hydrogen (secondary N) is 1. The summed E-state index contributed by atoms with van der Waals surface area (Å²) in [7, 11) is 0. The van der Waals surface area contributed by atoms with E-state index in [0.717, 1.165) is 6.42 Å². The highest BCUT2D eigenvalue weighted by molar-refractivity contribution is 6.30. The van der Waals surface area contributed by atoms with Gasteiger partial charge in [-0.25, -0.2) is 4.39 Å². The Kier molecular flexibility index (Phi) is 7.29. The summed E-state index contributed by atoms with van der Waals surface area (Å²) in [5.41, 5.74) is 0.680. The monoisotopic (exact) mass is 271 g/mol. The van der Waals surface area contributed by atoms with Gasteiger partial charge >= 0.3 is 0 Å². The van der Waals surface area contributed by atoms with Crippen LogP contribution in [0.4, 0.5) is 4.39 Å². The van der Waals surface area contributed by atoms with Crippen molar-refractivity contribution in [3.63, 3.8) is 0 Å². The van der Waals surface area contributed by atoms with Gasteiger partial charge in [-0.3, -0.25) is 0 Å². The first-order valence-corrected chi connectivity index (χ1v) is 7.18. The van der Waals surface area contributed by atoms with Crippen LogP contribution in [-0.2, 0) is 6.54 Å². The minimum absolute atomic E-state index is 0.229. The third-order valence-electron chi connectivity index (χ3n) is 3.15. The second-order valence-electron chi connectivity index (χ2n) is 4.87. The number of benzene rings is 1. The van der Waals surface area contributed by atoms with Gasteiger partial charge in [0.2, 0.25) is 0 Å². The highest BCUT2D eigenvalue weighted by Crippen LogP contribution is 2.15. The van der Waals surface area contributed by atoms with Gasteiger partial charge in [0.15, 0.2) is 0 Å². The van der Waals surface area contributed by atoms with E-state index in [2.05, 4.69) is 19.2 Å². The smallest absolute Gasteiger partial charge is 0.129 e. The largest absolute Gasteiger partial charge is 0.310 e. The van der Waals surface area contributed by atoms with Crippen molar-refractivity contribution >= 4 is 11.6 Å². The Bertz CT molecular complexity index is 354. The zero-order valence-corrected chi connectivity index (χ0v) is 12.1. The van der Waals surface area contributed by atoms with Crippen LogP contribution in [0.25, 0.3) is 0 Å². The normalized spacial score (nSPS) is 12.7. The molecule has 3 heteroatoms. The highest BCUT2D eigenvalue weighted by atomic mass is 35.5. The Hall–Kier alpha value is -0.600. The van der Waals surface area contributed by atoms with Crippen molar-refractivity contribution in [2.75, 3.05) is 0 Å². The van der Waals surface area contributed by atoms with Crippen LogP contribution < -0.4 is 5.32 Å². The van der Waals surface area contributed by atoms with Crippen LogP contribution in [0.15, 0.2) is 18.2 Å². The zero-order valence-electron chi connectivity index (χ0n) is 11.3. The average molecular weight is 272 g/mol. The van der Waals surface area contributed by atoms with Gasteiger partial charge < -0.3 is 5.32 Å². The first-order chi connectivity index (χ1) is 8.63. The molecule has 0 aliphatic carbocycles. The summed E-state index contributed by atoms with van der Waals surface area (Å²) < 4.78 is 13.5. The topological polar surface area (TPSA) is 12.0 Å². The highest BCUT2D eigenvalue weighted by Gasteiger charge is 2.05. The third kappa shape index (κ3) is 5.83. The molecular formula is C15H23ClFN. The summed E-state index contributed by atoms with van der Waals surface area (Å²) in [6.07, 6.45) is 6.24. The second-order valence-corrected chi connectivity index (χ2v) is 5.30. The molecule has 0 amide bonds. The lowest BCUT2D eigenvalue weighted by atomic mass is 10.1. The van der Waals surface area contributed by atoms with Crippen molar-refractivity contribution in [3.8, 4) is 0 Å². The Labute approximate surface area is 115 Å². The number of halogens is 2. The second kappa shape index (κ2) is 8.49. The lowest BCUT2D eigenvalue weighted by molar-refractivity contribution is 0.475. The molecule has 1 unspecified atom stereocenters. The fraction of sp³-hybridized carbons (Fsp3) is 0.600. The number of hydrogen-bond donors (Lipinski definition) is 1. The molecule has 0 bridgehead atoms. The van der Waals surface area contributed by atoms with Gasteiger partial charge in [-0.15, -0.1) is 0 Å². The molecular weight excluding hydrogens is 249 g/mol. The van der Waals surface area contributed by atoms with Crippen molar-refractivity contribution in [1.82, 2.24) is 5.32 Å². The van der Waals surface area contributed by atoms with Gasteiger partial charge in [0.25, 0.3) is 0 Å². The van der Waals surface area contributed by atoms with Gasteiger partial charge in [0.05, 0.1) is 0 Å². The molecule has 1 N–H and O–H groups in total. The van der Waals surface area contributed by atoms with Crippen LogP contribution in [0.3, 0.4) is 0 Å². The molecule has 1 rings (SSSR count). The predicted octanol–water partition coefficient (Wildman–Crippen LogP) is 4.93. The van der Waals surface area contributed by atoms with E-state index in [9.17, 15) is 4.39 Å². The number of rotatable bonds is 8. The minimum Gasteiger partial charge on any atom is -0.310 e. The summed E-state index contributed by atoms with van der Waals surface area (Å²) in [6, 6.07) is 5.27. The fourth-order valence-corrected chi connectivity index (χ4v) is 2.09. The first-order valence-electron chi connectivity index (χ1n) is 6.80. The summed E-state index contributed by atoms with van der Waals surface area (Å²) in [4.78, 5) is 0. The maximum absolute atomic E-state index is 13.5. The third-order valence-corrected chi connectivity index (χ3v) is 3.38. The molecule has 0 radical (unpaired) electrons. The molecule has 1 aromatic carbocycles. The standard InChI is InChI=1S/C15H23ClFN/c1-3-4-5-6-7-12(2)18-11-13-8-9-14(16)10-15(13)17/h8-10,12,18H,3-7,11H2,1-2H3. The van der Waals surface area contributed by atoms with E-state index in [4.69, 9.17) is 11.6 Å². The van der Waals surface area contributed by atoms with Crippen molar-refractivity contribution in [2.45, 2.75) is 58.5 Å². The molecule has 0 saturated heterocycles. The maximum Gasteiger partial charge on any atom is 0.129 e. The van der Waals surface area contributed by atoms with Crippen molar-refractivity contribution in [3.05, 3.63) is 34.6 Å². The summed E-state index contributed by atoms with van der Waals surface area (Å²) in [5.74, 6) is -0.229. The van der Waals surface area contributed by atoms with Crippen molar-refractivity contribution in [2.24, 2.45) is 0 Å². The maximum atomic E-state index is 13.5. The quantitative estimate of drug-likeness (QED) is 0.661. The molecule has 1 nitrogen and oxygen atoms in total. The molecule has 1 aromatic rings. The van der Waals surface area contributed by atoms with Gasteiger partial charge in [-0.2, -0.15) is 0 Å². The molecule has 0 aliphatic heterocycles. The molecule has 0 aliphatic rings. The van der Waals surface area contributed by atoms with Crippen LogP contribution in [0.5, 0.6) is 0 Å². The lowest BCUT2D eigenvalue weighted by Crippen LogP contribution is -2.25. The lowest BCUT2D eigenvalue weighted by Gasteiger charge is -2.14. The predicted molar refractivity (Wildman–Crippen MR) is 76.5 cm³/mol. The van der Waals surface area contributed by atoms with Crippen LogP contribution in [0.1, 0.15) is 51.5 Å². The minimum atomic E-state index is -0.229. The summed E-state index contributed by atoms with van der Waals surface area (Å²) in [6.45, 7) is 4.93. The molecule has 0 aromatic heterocycles. The van der Waals surface area contributed by atoms with Gasteiger partial charge in [-0.1, -0.05) is 50.3 Å². The fourth-order valence-electron chi connectivity index (χ4n) is 1.93. The van der Waals surface area contributed by atoms with E-state index in [-0.39, 0.29) is 5.82 Å². The molecule has 0 saturated carbocycles. The molecule has 18 heavy (non-hydrogen) atoms. The van der Waals surface area contributed by atoms with E-state index >= 15 is 0 Å². The van der Waals surface area contributed by atoms with Crippen LogP contribution in [0, 0.1) is 5.82 Å². The van der Waals surface area contributed by atoms with E-state index in [1.165, 1.54) is 31.7 Å². The summed E-state index contributed by atoms with van der Waals surface area (Å²) >= 11 is 5.72. The number of hydrogen-bond acceptors (Lipinski definition) is 1. The van der Waals surface area contributed by atoms with Crippen LogP contribution >= 0.6 is 11.6 Å². The van der Waals surface area contributed by atoms with Gasteiger partial charge in [0.1, 0.15) is 5.82 Å². The zero-order chi connectivity index (χ0) is 13.4. The molecule has 102 valence electrons. The van der Waals surface area contributed by atoms with E-state index in [1.807, 2.05) is 0 Å². The first kappa shape index (κ1) is 15.5. The Morgan fingerprint density at radius 2 is 2.06 bits per heavy atom. The Morgan fingerprint density at radius 3 is 2.72 bits per heavy atom. The Balaban J connectivity index is 2.27. The molecule has 1 atom stereocenters. The van der Waals surface area contributed by atoms with Crippen molar-refractivity contribution in [1.29, 1.82) is 0 Å². The average Bonchev–Trinajstić information content (AvgIpc) is 2.33. The number of unbranched alkanes of at least 4 members (excludes halogenated alkanes) is 3. The Morgan fingerprint density at radius 1 is 1.28 bits per heavy atom.